The Balaban J connectivity index is 2.15. The summed E-state index contributed by atoms with van der Waals surface area (Å²) >= 11 is 0. The zero-order valence-electron chi connectivity index (χ0n) is 11.7. The van der Waals surface area contributed by atoms with Crippen molar-refractivity contribution in [3.63, 3.8) is 0 Å². The van der Waals surface area contributed by atoms with E-state index in [1.54, 1.807) is 37.3 Å². The normalized spacial score (nSPS) is 11.1. The second-order valence-corrected chi connectivity index (χ2v) is 6.36. The molecule has 1 heterocycles. The van der Waals surface area contributed by atoms with Gasteiger partial charge in [-0.15, -0.1) is 0 Å². The summed E-state index contributed by atoms with van der Waals surface area (Å²) in [7, 11) is -3.39. The Hall–Kier alpha value is -2.28. The summed E-state index contributed by atoms with van der Waals surface area (Å²) in [5, 5.41) is 2.72. The summed E-state index contributed by atoms with van der Waals surface area (Å²) in [6.45, 7) is 1.96. The number of rotatable bonds is 5. The van der Waals surface area contributed by atoms with Gasteiger partial charge in [-0.05, 0) is 36.8 Å². The highest BCUT2D eigenvalue weighted by Crippen LogP contribution is 2.20. The Morgan fingerprint density at radius 2 is 2.00 bits per heavy atom. The minimum absolute atomic E-state index is 0.273. The Morgan fingerprint density at radius 3 is 2.62 bits per heavy atom. The molecule has 0 saturated heterocycles. The van der Waals surface area contributed by atoms with Gasteiger partial charge >= 0.3 is 0 Å². The molecular weight excluding hydrogens is 292 g/mol. The van der Waals surface area contributed by atoms with Crippen molar-refractivity contribution < 1.29 is 17.6 Å². The molecule has 0 fully saturated rings. The van der Waals surface area contributed by atoms with E-state index in [1.807, 2.05) is 0 Å². The highest BCUT2D eigenvalue weighted by atomic mass is 32.2. The molecule has 0 aliphatic rings. The summed E-state index contributed by atoms with van der Waals surface area (Å²) in [5.74, 6) is 0.354. The van der Waals surface area contributed by atoms with Crippen LogP contribution in [-0.4, -0.2) is 20.6 Å². The Morgan fingerprint density at radius 1 is 1.24 bits per heavy atom. The fraction of sp³-hybridized carbons (Fsp3) is 0.214. The van der Waals surface area contributed by atoms with Crippen LogP contribution in [0.5, 0.6) is 0 Å². The third-order valence-electron chi connectivity index (χ3n) is 2.88. The number of carbonyl (C=O) groups excluding carboxylic acids is 1. The molecule has 0 aliphatic carbocycles. The molecule has 1 aromatic carbocycles. The van der Waals surface area contributed by atoms with Crippen molar-refractivity contribution in [2.75, 3.05) is 11.0 Å². The summed E-state index contributed by atoms with van der Waals surface area (Å²) in [6, 6.07) is 8.38. The number of sulfonamides is 1. The average molecular weight is 308 g/mol. The number of amides is 1. The number of anilines is 1. The molecule has 0 bridgehead atoms. The molecule has 0 aliphatic heterocycles. The molecule has 0 saturated carbocycles. The van der Waals surface area contributed by atoms with Gasteiger partial charge in [-0.3, -0.25) is 9.52 Å². The van der Waals surface area contributed by atoms with Crippen LogP contribution in [0.4, 0.5) is 5.69 Å². The zero-order chi connectivity index (χ0) is 15.5. The van der Waals surface area contributed by atoms with Crippen LogP contribution in [0.15, 0.2) is 41.0 Å². The third-order valence-corrected chi connectivity index (χ3v) is 3.47. The maximum atomic E-state index is 12.1. The van der Waals surface area contributed by atoms with Gasteiger partial charge in [0, 0.05) is 5.56 Å². The lowest BCUT2D eigenvalue weighted by Crippen LogP contribution is -2.24. The summed E-state index contributed by atoms with van der Waals surface area (Å²) in [4.78, 5) is 12.1. The van der Waals surface area contributed by atoms with Gasteiger partial charge in [-0.2, -0.15) is 0 Å². The predicted molar refractivity (Wildman–Crippen MR) is 79.5 cm³/mol. The topological polar surface area (TPSA) is 88.4 Å². The summed E-state index contributed by atoms with van der Waals surface area (Å²) in [5.41, 5.74) is 1.37. The van der Waals surface area contributed by atoms with E-state index in [0.29, 0.717) is 22.6 Å². The second kappa shape index (κ2) is 6.01. The first-order valence-electron chi connectivity index (χ1n) is 6.25. The monoisotopic (exact) mass is 308 g/mol. The largest absolute Gasteiger partial charge is 0.467 e. The average Bonchev–Trinajstić information content (AvgIpc) is 2.90. The van der Waals surface area contributed by atoms with Gasteiger partial charge in [0.15, 0.2) is 0 Å². The molecule has 0 unspecified atom stereocenters. The van der Waals surface area contributed by atoms with Gasteiger partial charge in [0.05, 0.1) is 24.8 Å². The van der Waals surface area contributed by atoms with Gasteiger partial charge in [0.2, 0.25) is 10.0 Å². The summed E-state index contributed by atoms with van der Waals surface area (Å²) in [6.07, 6.45) is 2.60. The number of nitrogens with one attached hydrogen (secondary N) is 2. The molecule has 0 atom stereocenters. The van der Waals surface area contributed by atoms with Crippen LogP contribution < -0.4 is 10.0 Å². The molecule has 2 aromatic rings. The smallest absolute Gasteiger partial charge is 0.252 e. The second-order valence-electron chi connectivity index (χ2n) is 4.61. The minimum atomic E-state index is -3.39. The van der Waals surface area contributed by atoms with Crippen molar-refractivity contribution >= 4 is 21.6 Å². The standard InChI is InChI=1S/C14H16N2O4S/c1-10-12(6-3-7-13(10)16-21(2,18)19)14(17)15-9-11-5-4-8-20-11/h3-8,16H,9H2,1-2H3,(H,15,17). The highest BCUT2D eigenvalue weighted by molar-refractivity contribution is 7.92. The molecule has 6 nitrogen and oxygen atoms in total. The van der Waals surface area contributed by atoms with E-state index in [2.05, 4.69) is 10.0 Å². The van der Waals surface area contributed by atoms with E-state index in [0.717, 1.165) is 6.26 Å². The number of furan rings is 1. The molecule has 7 heteroatoms. The predicted octanol–water partition coefficient (Wildman–Crippen LogP) is 1.89. The fourth-order valence-electron chi connectivity index (χ4n) is 1.87. The van der Waals surface area contributed by atoms with Crippen LogP contribution in [0.3, 0.4) is 0 Å². The number of hydrogen-bond donors (Lipinski definition) is 2. The zero-order valence-corrected chi connectivity index (χ0v) is 12.5. The van der Waals surface area contributed by atoms with Crippen molar-refractivity contribution in [2.24, 2.45) is 0 Å². The van der Waals surface area contributed by atoms with Crippen LogP contribution in [-0.2, 0) is 16.6 Å². The Bertz CT molecular complexity index is 736. The van der Waals surface area contributed by atoms with E-state index in [9.17, 15) is 13.2 Å². The molecule has 0 spiro atoms. The maximum absolute atomic E-state index is 12.1. The van der Waals surface area contributed by atoms with Crippen molar-refractivity contribution in [2.45, 2.75) is 13.5 Å². The summed E-state index contributed by atoms with van der Waals surface area (Å²) < 4.78 is 30.1. The molecule has 2 rings (SSSR count). The number of hydrogen-bond acceptors (Lipinski definition) is 4. The van der Waals surface area contributed by atoms with Crippen molar-refractivity contribution in [3.8, 4) is 0 Å². The van der Waals surface area contributed by atoms with Crippen LogP contribution in [0.25, 0.3) is 0 Å². The van der Waals surface area contributed by atoms with E-state index in [-0.39, 0.29) is 12.5 Å². The van der Waals surface area contributed by atoms with Crippen molar-refractivity contribution in [1.29, 1.82) is 0 Å². The molecule has 0 radical (unpaired) electrons. The minimum Gasteiger partial charge on any atom is -0.467 e. The van der Waals surface area contributed by atoms with Crippen LogP contribution in [0, 0.1) is 6.92 Å². The quantitative estimate of drug-likeness (QED) is 0.883. The van der Waals surface area contributed by atoms with E-state index in [1.165, 1.54) is 6.26 Å². The van der Waals surface area contributed by atoms with Crippen LogP contribution >= 0.6 is 0 Å². The lowest BCUT2D eigenvalue weighted by molar-refractivity contribution is 0.0947. The highest BCUT2D eigenvalue weighted by Gasteiger charge is 2.13. The Labute approximate surface area is 123 Å². The molecule has 1 aromatic heterocycles. The molecule has 21 heavy (non-hydrogen) atoms. The SMILES string of the molecule is Cc1c(NS(C)(=O)=O)cccc1C(=O)NCc1ccco1. The van der Waals surface area contributed by atoms with Crippen molar-refractivity contribution in [3.05, 3.63) is 53.5 Å². The first-order valence-corrected chi connectivity index (χ1v) is 8.14. The van der Waals surface area contributed by atoms with E-state index >= 15 is 0 Å². The number of carbonyl (C=O) groups is 1. The van der Waals surface area contributed by atoms with Gasteiger partial charge in [-0.1, -0.05) is 6.07 Å². The molecule has 1 amide bonds. The van der Waals surface area contributed by atoms with E-state index < -0.39 is 10.0 Å². The lowest BCUT2D eigenvalue weighted by Gasteiger charge is -2.12. The molecular formula is C14H16N2O4S. The van der Waals surface area contributed by atoms with E-state index in [4.69, 9.17) is 4.42 Å². The van der Waals surface area contributed by atoms with Gasteiger partial charge < -0.3 is 9.73 Å². The number of benzene rings is 1. The maximum Gasteiger partial charge on any atom is 0.252 e. The Kier molecular flexibility index (Phi) is 4.32. The van der Waals surface area contributed by atoms with Gasteiger partial charge in [0.25, 0.3) is 5.91 Å². The van der Waals surface area contributed by atoms with Crippen molar-refractivity contribution in [1.82, 2.24) is 5.32 Å². The fourth-order valence-corrected chi connectivity index (χ4v) is 2.49. The van der Waals surface area contributed by atoms with Crippen LogP contribution in [0.1, 0.15) is 21.7 Å². The van der Waals surface area contributed by atoms with Crippen LogP contribution in [0.2, 0.25) is 0 Å². The molecule has 112 valence electrons. The van der Waals surface area contributed by atoms with Gasteiger partial charge in [0.1, 0.15) is 5.76 Å². The third kappa shape index (κ3) is 4.09. The first-order chi connectivity index (χ1) is 9.87. The van der Waals surface area contributed by atoms with Gasteiger partial charge in [-0.25, -0.2) is 8.42 Å². The first kappa shape index (κ1) is 15.1. The molecule has 2 N–H and O–H groups in total. The lowest BCUT2D eigenvalue weighted by atomic mass is 10.1.